The molecule has 74 heavy (non-hydrogen) atoms. The molecule has 7 heteroatoms. The molecule has 3 spiro atoms. The third-order valence-electron chi connectivity index (χ3n) is 22.2. The van der Waals surface area contributed by atoms with Gasteiger partial charge in [0, 0.05) is 62.5 Å². The number of aryl methyl sites for hydroxylation is 1. The molecule has 11 aliphatic rings. The molecule has 3 aromatic rings. The van der Waals surface area contributed by atoms with Gasteiger partial charge in [-0.1, -0.05) is 119 Å². The molecule has 6 fully saturated rings. The van der Waals surface area contributed by atoms with Crippen LogP contribution in [0.2, 0.25) is 0 Å². The number of nitrogens with one attached hydrogen (secondary N) is 1. The second kappa shape index (κ2) is 22.4. The summed E-state index contributed by atoms with van der Waals surface area (Å²) in [5, 5.41) is 3.21. The highest BCUT2D eigenvalue weighted by Gasteiger charge is 2.58. The Labute approximate surface area is 448 Å². The van der Waals surface area contributed by atoms with Crippen molar-refractivity contribution >= 4 is 11.7 Å². The summed E-state index contributed by atoms with van der Waals surface area (Å²) in [7, 11) is 0. The molecule has 4 aliphatic heterocycles. The summed E-state index contributed by atoms with van der Waals surface area (Å²) in [6, 6.07) is 27.5. The van der Waals surface area contributed by atoms with E-state index in [2.05, 4.69) is 114 Å². The highest BCUT2D eigenvalue weighted by atomic mass is 16.5. The Morgan fingerprint density at radius 3 is 2.00 bits per heavy atom. The van der Waals surface area contributed by atoms with Gasteiger partial charge in [-0.25, -0.2) is 0 Å². The molecular weight excluding hydrogens is 909 g/mol. The van der Waals surface area contributed by atoms with Crippen LogP contribution in [0, 0.1) is 35.0 Å². The van der Waals surface area contributed by atoms with Crippen LogP contribution in [0.5, 0.6) is 0 Å². The second-order valence-corrected chi connectivity index (χ2v) is 26.4. The van der Waals surface area contributed by atoms with E-state index in [0.29, 0.717) is 11.2 Å². The third-order valence-corrected chi connectivity index (χ3v) is 22.2. The van der Waals surface area contributed by atoms with Crippen LogP contribution < -0.4 is 5.32 Å². The first kappa shape index (κ1) is 52.4. The van der Waals surface area contributed by atoms with Crippen molar-refractivity contribution in [3.05, 3.63) is 118 Å². The summed E-state index contributed by atoms with van der Waals surface area (Å²) < 4.78 is 5.49. The van der Waals surface area contributed by atoms with Gasteiger partial charge in [0.25, 0.3) is 0 Å². The Balaban J connectivity index is 0.000000128. The minimum Gasteiger partial charge on any atom is -0.381 e. The highest BCUT2D eigenvalue weighted by molar-refractivity contribution is 6.06. The van der Waals surface area contributed by atoms with Crippen molar-refractivity contribution < 1.29 is 15.8 Å². The Hall–Kier alpha value is -3.62. The number of fused-ring (bicyclic) bond motifs is 8. The summed E-state index contributed by atoms with van der Waals surface area (Å²) in [6.07, 6.45) is 31.4. The standard InChI is InChI=1S/C24H36N2O.C24H31NO.C19H27NO.H2/c1-3-6-19-9-11-20(12-10-19)26-15-13-24(14-16-26)17-23(25-18(2)27)21-7-4-5-8-22(21)24;1-23(2)22(26)20-5-3-4-6-21(20)24(23)11-13-25(14-12-24)16-19-15-17-7-9-18(19)10-8-17;1-2-4-18-17(3-1)5-8-19(18)9-11-20(12-10-19)15-16-6-13-21-14-7-16;/h4-5,7-8,19-20,23H,3,6,9-17H2,1-2H3,(H,25,27);3-7,9,17-19H,8,10-16H2,1-2H3;1-4,16H,5-15H2;1H/t19?,20?,23-;17-,18-,19-;;/m01../s1. The third kappa shape index (κ3) is 10.4. The number of hydrogen-bond acceptors (Lipinski definition) is 6. The van der Waals surface area contributed by atoms with Crippen molar-refractivity contribution in [2.45, 2.75) is 184 Å². The highest BCUT2D eigenvalue weighted by Crippen LogP contribution is 2.57. The lowest BCUT2D eigenvalue weighted by molar-refractivity contribution is -0.119. The molecule has 4 saturated heterocycles. The number of allylic oxidation sites excluding steroid dienone is 2. The van der Waals surface area contributed by atoms with Crippen LogP contribution in [-0.2, 0) is 32.2 Å². The lowest BCUT2D eigenvalue weighted by atomic mass is 9.60. The van der Waals surface area contributed by atoms with Gasteiger partial charge < -0.3 is 24.8 Å². The lowest BCUT2D eigenvalue weighted by Crippen LogP contribution is -2.51. The fraction of sp³-hybridized carbons (Fsp3) is 0.672. The molecule has 14 rings (SSSR count). The molecule has 4 atom stereocenters. The fourth-order valence-corrected chi connectivity index (χ4v) is 17.6. The number of benzene rings is 3. The van der Waals surface area contributed by atoms with Crippen LogP contribution in [-0.4, -0.2) is 98.0 Å². The smallest absolute Gasteiger partial charge is 0.217 e. The van der Waals surface area contributed by atoms with E-state index >= 15 is 0 Å². The average Bonchev–Trinajstić information content (AvgIpc) is 3.99. The first-order valence-electron chi connectivity index (χ1n) is 30.5. The van der Waals surface area contributed by atoms with E-state index in [4.69, 9.17) is 4.74 Å². The minimum absolute atomic E-state index is 0. The van der Waals surface area contributed by atoms with E-state index < -0.39 is 0 Å². The maximum absolute atomic E-state index is 13.1. The van der Waals surface area contributed by atoms with Gasteiger partial charge in [-0.2, -0.15) is 0 Å². The number of rotatable bonds is 8. The monoisotopic (exact) mass is 1000 g/mol. The van der Waals surface area contributed by atoms with Crippen molar-refractivity contribution in [1.29, 1.82) is 0 Å². The second-order valence-electron chi connectivity index (χ2n) is 26.4. The number of carbonyl (C=O) groups is 2. The first-order valence-corrected chi connectivity index (χ1v) is 30.5. The van der Waals surface area contributed by atoms with Crippen LogP contribution in [0.4, 0.5) is 0 Å². The number of ether oxygens (including phenoxy) is 1. The van der Waals surface area contributed by atoms with Gasteiger partial charge in [0.2, 0.25) is 5.91 Å². The van der Waals surface area contributed by atoms with Crippen molar-refractivity contribution in [3.8, 4) is 0 Å². The molecule has 3 aromatic carbocycles. The van der Waals surface area contributed by atoms with Crippen LogP contribution in [0.3, 0.4) is 0 Å². The zero-order valence-electron chi connectivity index (χ0n) is 46.4. The van der Waals surface area contributed by atoms with Crippen molar-refractivity contribution in [3.63, 3.8) is 0 Å². The summed E-state index contributed by atoms with van der Waals surface area (Å²) in [6.45, 7) is 20.2. The van der Waals surface area contributed by atoms with Gasteiger partial charge in [0.1, 0.15) is 0 Å². The van der Waals surface area contributed by atoms with Crippen LogP contribution >= 0.6 is 0 Å². The van der Waals surface area contributed by atoms with E-state index in [9.17, 15) is 9.59 Å². The Kier molecular flexibility index (Phi) is 15.9. The number of ketones is 1. The molecule has 0 unspecified atom stereocenters. The summed E-state index contributed by atoms with van der Waals surface area (Å²) >= 11 is 0. The van der Waals surface area contributed by atoms with Crippen LogP contribution in [0.1, 0.15) is 195 Å². The number of amides is 1. The van der Waals surface area contributed by atoms with Gasteiger partial charge in [-0.15, -0.1) is 0 Å². The van der Waals surface area contributed by atoms with E-state index in [-0.39, 0.29) is 29.6 Å². The number of hydrogen-bond donors (Lipinski definition) is 1. The molecule has 0 aromatic heterocycles. The first-order chi connectivity index (χ1) is 36.0. The van der Waals surface area contributed by atoms with Gasteiger partial charge >= 0.3 is 0 Å². The van der Waals surface area contributed by atoms with Crippen molar-refractivity contribution in [1.82, 2.24) is 20.0 Å². The molecule has 402 valence electrons. The topological polar surface area (TPSA) is 65.1 Å². The molecule has 1 amide bonds. The number of piperidine rings is 3. The number of Topliss-reactive ketones (excluding diaryl/α,β-unsaturated/α-hetero) is 1. The predicted octanol–water partition coefficient (Wildman–Crippen LogP) is 13.4. The molecule has 1 N–H and O–H groups in total. The van der Waals surface area contributed by atoms with Crippen LogP contribution in [0.25, 0.3) is 0 Å². The molecule has 0 radical (unpaired) electrons. The zero-order valence-corrected chi connectivity index (χ0v) is 46.4. The Morgan fingerprint density at radius 1 is 0.676 bits per heavy atom. The molecule has 2 bridgehead atoms. The van der Waals surface area contributed by atoms with Gasteiger partial charge in [-0.05, 0) is 218 Å². The zero-order chi connectivity index (χ0) is 50.9. The molecular formula is C67H96N4O3. The van der Waals surface area contributed by atoms with E-state index in [1.807, 2.05) is 12.1 Å². The largest absolute Gasteiger partial charge is 0.381 e. The normalized spacial score (nSPS) is 30.5. The van der Waals surface area contributed by atoms with Gasteiger partial charge in [-0.3, -0.25) is 9.59 Å². The van der Waals surface area contributed by atoms with Gasteiger partial charge in [0.15, 0.2) is 5.78 Å². The van der Waals surface area contributed by atoms with E-state index in [0.717, 1.165) is 86.8 Å². The quantitative estimate of drug-likeness (QED) is 0.227. The SMILES string of the molecule is CC1(C)C(=O)c2ccccc2C12CCN(C[C@H]1C[C@@H]3C=C[C@@H]1CC3)CC2.CCCC1CCC(N2CCC3(CC2)C[C@H](NC(C)=O)c2ccccc23)CC1.[HH].c1ccc2c(c1)CCC21CCN(CC2CCOCC2)CC1. The predicted molar refractivity (Wildman–Crippen MR) is 304 cm³/mol. The summed E-state index contributed by atoms with van der Waals surface area (Å²) in [4.78, 5) is 33.0. The maximum Gasteiger partial charge on any atom is 0.217 e. The summed E-state index contributed by atoms with van der Waals surface area (Å²) in [5.41, 5.74) is 9.05. The fourth-order valence-electron chi connectivity index (χ4n) is 17.6. The Morgan fingerprint density at radius 2 is 1.32 bits per heavy atom. The molecule has 4 heterocycles. The number of nitrogens with zero attached hydrogens (tertiary/aromatic N) is 3. The van der Waals surface area contributed by atoms with Crippen LogP contribution in [0.15, 0.2) is 84.9 Å². The van der Waals surface area contributed by atoms with E-state index in [1.54, 1.807) is 18.1 Å². The minimum atomic E-state index is -0.268. The number of carbonyl (C=O) groups excluding carboxylic acids is 2. The summed E-state index contributed by atoms with van der Waals surface area (Å²) in [5.74, 6) is 4.84. The van der Waals surface area contributed by atoms with Gasteiger partial charge in [0.05, 0.1) is 6.04 Å². The van der Waals surface area contributed by atoms with E-state index in [1.165, 1.54) is 165 Å². The van der Waals surface area contributed by atoms with Crippen molar-refractivity contribution in [2.24, 2.45) is 35.0 Å². The average molecular weight is 1010 g/mol. The Bertz CT molecular complexity index is 2430. The molecule has 7 nitrogen and oxygen atoms in total. The van der Waals surface area contributed by atoms with Crippen molar-refractivity contribution in [2.75, 3.05) is 65.6 Å². The number of likely N-dealkylation sites (tertiary alicyclic amines) is 3. The maximum atomic E-state index is 13.1. The molecule has 2 saturated carbocycles. The lowest BCUT2D eigenvalue weighted by Gasteiger charge is -2.48. The molecule has 7 aliphatic carbocycles.